The fraction of sp³-hybridized carbons (Fsp3) is 0.571. The van der Waals surface area contributed by atoms with Crippen LogP contribution >= 0.6 is 0 Å². The van der Waals surface area contributed by atoms with Crippen molar-refractivity contribution in [1.29, 1.82) is 0 Å². The first-order valence-electron chi connectivity index (χ1n) is 6.18. The highest BCUT2D eigenvalue weighted by Crippen LogP contribution is 2.28. The molecule has 0 spiro atoms. The van der Waals surface area contributed by atoms with E-state index in [1.807, 2.05) is 0 Å². The molecule has 2 nitrogen and oxygen atoms in total. The monoisotopic (exact) mass is 219 g/mol. The SMILES string of the molecule is Cc1cccc(CNCCOCC2CC2)c1. The maximum atomic E-state index is 5.56. The number of ether oxygens (including phenoxy) is 1. The number of hydrogen-bond donors (Lipinski definition) is 1. The van der Waals surface area contributed by atoms with Crippen LogP contribution in [0, 0.1) is 12.8 Å². The average Bonchev–Trinajstić information content (AvgIpc) is 3.07. The van der Waals surface area contributed by atoms with Crippen molar-refractivity contribution in [3.63, 3.8) is 0 Å². The molecule has 0 atom stereocenters. The maximum absolute atomic E-state index is 5.56. The number of benzene rings is 1. The molecule has 88 valence electrons. The van der Waals surface area contributed by atoms with Crippen molar-refractivity contribution >= 4 is 0 Å². The maximum Gasteiger partial charge on any atom is 0.0591 e. The predicted octanol–water partition coefficient (Wildman–Crippen LogP) is 2.51. The second kappa shape index (κ2) is 6.02. The van der Waals surface area contributed by atoms with Crippen LogP contribution < -0.4 is 5.32 Å². The van der Waals surface area contributed by atoms with Gasteiger partial charge in [0, 0.05) is 19.7 Å². The van der Waals surface area contributed by atoms with E-state index < -0.39 is 0 Å². The van der Waals surface area contributed by atoms with Gasteiger partial charge in [-0.15, -0.1) is 0 Å². The molecule has 0 amide bonds. The molecule has 16 heavy (non-hydrogen) atoms. The van der Waals surface area contributed by atoms with E-state index in [9.17, 15) is 0 Å². The smallest absolute Gasteiger partial charge is 0.0591 e. The van der Waals surface area contributed by atoms with E-state index in [1.165, 1.54) is 24.0 Å². The largest absolute Gasteiger partial charge is 0.380 e. The van der Waals surface area contributed by atoms with Crippen molar-refractivity contribution in [3.05, 3.63) is 35.4 Å². The summed E-state index contributed by atoms with van der Waals surface area (Å²) < 4.78 is 5.56. The molecule has 2 heteroatoms. The highest BCUT2D eigenvalue weighted by Gasteiger charge is 2.20. The Kier molecular flexibility index (Phi) is 4.37. The van der Waals surface area contributed by atoms with Crippen LogP contribution in [-0.2, 0) is 11.3 Å². The number of rotatable bonds is 7. The highest BCUT2D eigenvalue weighted by molar-refractivity contribution is 5.21. The summed E-state index contributed by atoms with van der Waals surface area (Å²) >= 11 is 0. The van der Waals surface area contributed by atoms with Gasteiger partial charge >= 0.3 is 0 Å². The van der Waals surface area contributed by atoms with Crippen LogP contribution in [0.2, 0.25) is 0 Å². The molecule has 1 aliphatic carbocycles. The van der Waals surface area contributed by atoms with Crippen LogP contribution in [0.15, 0.2) is 24.3 Å². The van der Waals surface area contributed by atoms with Gasteiger partial charge in [0.25, 0.3) is 0 Å². The first-order chi connectivity index (χ1) is 7.84. The van der Waals surface area contributed by atoms with Crippen molar-refractivity contribution in [2.45, 2.75) is 26.3 Å². The van der Waals surface area contributed by atoms with Crippen LogP contribution in [0.4, 0.5) is 0 Å². The zero-order chi connectivity index (χ0) is 11.2. The molecule has 0 radical (unpaired) electrons. The summed E-state index contributed by atoms with van der Waals surface area (Å²) in [5, 5.41) is 3.40. The first-order valence-corrected chi connectivity index (χ1v) is 6.18. The Morgan fingerprint density at radius 3 is 3.00 bits per heavy atom. The third-order valence-corrected chi connectivity index (χ3v) is 2.89. The fourth-order valence-electron chi connectivity index (χ4n) is 1.73. The molecule has 1 N–H and O–H groups in total. The van der Waals surface area contributed by atoms with Gasteiger partial charge in [0.05, 0.1) is 6.61 Å². The highest BCUT2D eigenvalue weighted by atomic mass is 16.5. The Morgan fingerprint density at radius 2 is 2.25 bits per heavy atom. The van der Waals surface area contributed by atoms with Gasteiger partial charge in [0.1, 0.15) is 0 Å². The lowest BCUT2D eigenvalue weighted by Crippen LogP contribution is -2.19. The van der Waals surface area contributed by atoms with Gasteiger partial charge in [-0.25, -0.2) is 0 Å². The second-order valence-corrected chi connectivity index (χ2v) is 4.68. The molecule has 0 saturated heterocycles. The van der Waals surface area contributed by atoms with Crippen LogP contribution in [-0.4, -0.2) is 19.8 Å². The van der Waals surface area contributed by atoms with Gasteiger partial charge in [-0.3, -0.25) is 0 Å². The van der Waals surface area contributed by atoms with Crippen molar-refractivity contribution in [3.8, 4) is 0 Å². The lowest BCUT2D eigenvalue weighted by atomic mass is 10.1. The van der Waals surface area contributed by atoms with Crippen LogP contribution in [0.5, 0.6) is 0 Å². The molecule has 0 unspecified atom stereocenters. The van der Waals surface area contributed by atoms with Crippen LogP contribution in [0.25, 0.3) is 0 Å². The summed E-state index contributed by atoms with van der Waals surface area (Å²) in [6.07, 6.45) is 2.74. The minimum atomic E-state index is 0.836. The van der Waals surface area contributed by atoms with Gasteiger partial charge < -0.3 is 10.1 Å². The Hall–Kier alpha value is -0.860. The molecule has 0 bridgehead atoms. The topological polar surface area (TPSA) is 21.3 Å². The fourth-order valence-corrected chi connectivity index (χ4v) is 1.73. The predicted molar refractivity (Wildman–Crippen MR) is 66.4 cm³/mol. The molecular formula is C14H21NO. The van der Waals surface area contributed by atoms with E-state index in [4.69, 9.17) is 4.74 Å². The molecule has 0 heterocycles. The molecular weight excluding hydrogens is 198 g/mol. The first kappa shape index (κ1) is 11.6. The summed E-state index contributed by atoms with van der Waals surface area (Å²) in [5.74, 6) is 0.872. The van der Waals surface area contributed by atoms with E-state index in [2.05, 4.69) is 36.5 Å². The molecule has 2 rings (SSSR count). The molecule has 1 fully saturated rings. The summed E-state index contributed by atoms with van der Waals surface area (Å²) in [6.45, 7) is 5.81. The van der Waals surface area contributed by atoms with E-state index in [-0.39, 0.29) is 0 Å². The lowest BCUT2D eigenvalue weighted by molar-refractivity contribution is 0.126. The average molecular weight is 219 g/mol. The Labute approximate surface area is 98.0 Å². The van der Waals surface area contributed by atoms with E-state index in [0.717, 1.165) is 32.2 Å². The third kappa shape index (κ3) is 4.33. The number of nitrogens with one attached hydrogen (secondary N) is 1. The second-order valence-electron chi connectivity index (χ2n) is 4.68. The lowest BCUT2D eigenvalue weighted by Gasteiger charge is -2.06. The number of hydrogen-bond acceptors (Lipinski definition) is 2. The Bertz CT molecular complexity index is 320. The number of aryl methyl sites for hydroxylation is 1. The zero-order valence-electron chi connectivity index (χ0n) is 10.0. The van der Waals surface area contributed by atoms with E-state index in [0.29, 0.717) is 0 Å². The van der Waals surface area contributed by atoms with Gasteiger partial charge in [-0.2, -0.15) is 0 Å². The van der Waals surface area contributed by atoms with Crippen LogP contribution in [0.3, 0.4) is 0 Å². The van der Waals surface area contributed by atoms with Crippen molar-refractivity contribution < 1.29 is 4.74 Å². The third-order valence-electron chi connectivity index (χ3n) is 2.89. The molecule has 1 aromatic carbocycles. The minimum Gasteiger partial charge on any atom is -0.380 e. The molecule has 1 saturated carbocycles. The molecule has 1 aliphatic rings. The zero-order valence-corrected chi connectivity index (χ0v) is 10.0. The summed E-state index contributed by atoms with van der Waals surface area (Å²) in [4.78, 5) is 0. The molecule has 1 aromatic rings. The quantitative estimate of drug-likeness (QED) is 0.711. The van der Waals surface area contributed by atoms with Gasteiger partial charge in [-0.1, -0.05) is 29.8 Å². The van der Waals surface area contributed by atoms with Crippen molar-refractivity contribution in [2.75, 3.05) is 19.8 Å². The minimum absolute atomic E-state index is 0.836. The van der Waals surface area contributed by atoms with E-state index in [1.54, 1.807) is 0 Å². The molecule has 0 aromatic heterocycles. The van der Waals surface area contributed by atoms with Gasteiger partial charge in [0.2, 0.25) is 0 Å². The summed E-state index contributed by atoms with van der Waals surface area (Å²) in [7, 11) is 0. The normalized spacial score (nSPS) is 15.3. The van der Waals surface area contributed by atoms with Gasteiger partial charge in [-0.05, 0) is 31.2 Å². The Morgan fingerprint density at radius 1 is 1.38 bits per heavy atom. The standard InChI is InChI=1S/C14H21NO/c1-12-3-2-4-14(9-12)10-15-7-8-16-11-13-5-6-13/h2-4,9,13,15H,5-8,10-11H2,1H3. The van der Waals surface area contributed by atoms with Crippen molar-refractivity contribution in [1.82, 2.24) is 5.32 Å². The van der Waals surface area contributed by atoms with Gasteiger partial charge in [0.15, 0.2) is 0 Å². The summed E-state index contributed by atoms with van der Waals surface area (Å²) in [6, 6.07) is 8.61. The Balaban J connectivity index is 1.53. The molecule has 0 aliphatic heterocycles. The summed E-state index contributed by atoms with van der Waals surface area (Å²) in [5.41, 5.74) is 2.67. The van der Waals surface area contributed by atoms with Crippen molar-refractivity contribution in [2.24, 2.45) is 5.92 Å². The van der Waals surface area contributed by atoms with E-state index >= 15 is 0 Å². The van der Waals surface area contributed by atoms with Crippen LogP contribution in [0.1, 0.15) is 24.0 Å².